The number of halogens is 3. The second-order valence-electron chi connectivity index (χ2n) is 7.59. The zero-order valence-corrected chi connectivity index (χ0v) is 18.0. The number of carboxylic acids is 1. The summed E-state index contributed by atoms with van der Waals surface area (Å²) in [5.74, 6) is -0.594. The first-order valence-corrected chi connectivity index (χ1v) is 10.4. The Hall–Kier alpha value is -3.47. The van der Waals surface area contributed by atoms with E-state index in [0.29, 0.717) is 12.5 Å². The van der Waals surface area contributed by atoms with E-state index in [1.165, 1.54) is 11.1 Å². The van der Waals surface area contributed by atoms with Crippen molar-refractivity contribution >= 4 is 11.9 Å². The van der Waals surface area contributed by atoms with E-state index in [9.17, 15) is 13.2 Å². The third kappa shape index (κ3) is 6.28. The highest BCUT2D eigenvalue weighted by Crippen LogP contribution is 2.31. The minimum atomic E-state index is -5.08. The van der Waals surface area contributed by atoms with Crippen LogP contribution in [-0.2, 0) is 11.3 Å². The van der Waals surface area contributed by atoms with Crippen LogP contribution < -0.4 is 10.6 Å². The van der Waals surface area contributed by atoms with E-state index < -0.39 is 12.1 Å². The number of aliphatic carboxylic acids is 1. The highest BCUT2D eigenvalue weighted by atomic mass is 19.4. The summed E-state index contributed by atoms with van der Waals surface area (Å²) in [6, 6.07) is 12.4. The van der Waals surface area contributed by atoms with Crippen LogP contribution in [-0.4, -0.2) is 50.1 Å². The number of aryl methyl sites for hydroxylation is 1. The third-order valence-corrected chi connectivity index (χ3v) is 5.30. The van der Waals surface area contributed by atoms with Crippen molar-refractivity contribution in [2.45, 2.75) is 38.4 Å². The minimum Gasteiger partial charge on any atom is -0.475 e. The Kier molecular flexibility index (Phi) is 7.64. The lowest BCUT2D eigenvalue weighted by Crippen LogP contribution is -2.34. The van der Waals surface area contributed by atoms with Crippen LogP contribution in [0, 0.1) is 6.92 Å². The lowest BCUT2D eigenvalue weighted by Gasteiger charge is -2.33. The van der Waals surface area contributed by atoms with Crippen molar-refractivity contribution in [1.82, 2.24) is 19.7 Å². The molecule has 0 bridgehead atoms. The summed E-state index contributed by atoms with van der Waals surface area (Å²) in [5.41, 5.74) is 9.53. The maximum absolute atomic E-state index is 10.6. The zero-order chi connectivity index (χ0) is 24.0. The smallest absolute Gasteiger partial charge is 0.475 e. The molecule has 1 aliphatic rings. The van der Waals surface area contributed by atoms with Crippen LogP contribution in [0.3, 0.4) is 0 Å². The van der Waals surface area contributed by atoms with Gasteiger partial charge in [0.05, 0.1) is 0 Å². The van der Waals surface area contributed by atoms with Gasteiger partial charge in [0, 0.05) is 43.8 Å². The molecule has 3 N–H and O–H groups in total. The van der Waals surface area contributed by atoms with Crippen LogP contribution in [0.5, 0.6) is 0 Å². The molecule has 1 fully saturated rings. The fourth-order valence-corrected chi connectivity index (χ4v) is 3.71. The molecule has 8 nitrogen and oxygen atoms in total. The Balaban J connectivity index is 0.000000383. The number of rotatable bonds is 4. The molecular formula is C22H25F3N6O2. The molecule has 0 saturated carbocycles. The van der Waals surface area contributed by atoms with Gasteiger partial charge in [-0.2, -0.15) is 23.3 Å². The van der Waals surface area contributed by atoms with Crippen LogP contribution in [0.25, 0.3) is 5.82 Å². The van der Waals surface area contributed by atoms with Gasteiger partial charge in [0.2, 0.25) is 5.95 Å². The first-order valence-electron chi connectivity index (χ1n) is 10.4. The van der Waals surface area contributed by atoms with Crippen molar-refractivity contribution in [3.05, 3.63) is 65.6 Å². The van der Waals surface area contributed by atoms with Crippen LogP contribution >= 0.6 is 0 Å². The highest BCUT2D eigenvalue weighted by Gasteiger charge is 2.38. The molecule has 0 aliphatic carbocycles. The van der Waals surface area contributed by atoms with Crippen molar-refractivity contribution in [3.63, 3.8) is 0 Å². The lowest BCUT2D eigenvalue weighted by atomic mass is 9.86. The number of hydrogen-bond acceptors (Lipinski definition) is 6. The standard InChI is InChI=1S/C20H24N6.C2HF3O2/c1-15-13-19(26-10-4-9-22-26)24-20(23-15)25-11-7-16(8-12-25)18-6-3-2-5-17(18)14-21;3-2(4,5)1(6)7/h2-6,9-10,13,16H,7-8,11-12,14,21H2,1H3;(H,6,7). The van der Waals surface area contributed by atoms with Crippen molar-refractivity contribution < 1.29 is 23.1 Å². The fraction of sp³-hybridized carbons (Fsp3) is 0.364. The molecule has 0 unspecified atom stereocenters. The van der Waals surface area contributed by atoms with E-state index in [0.717, 1.165) is 43.4 Å². The average molecular weight is 462 g/mol. The quantitative estimate of drug-likeness (QED) is 0.611. The Morgan fingerprint density at radius 3 is 2.42 bits per heavy atom. The van der Waals surface area contributed by atoms with Gasteiger partial charge >= 0.3 is 12.1 Å². The van der Waals surface area contributed by atoms with Gasteiger partial charge in [-0.15, -0.1) is 0 Å². The van der Waals surface area contributed by atoms with E-state index in [-0.39, 0.29) is 0 Å². The van der Waals surface area contributed by atoms with Crippen molar-refractivity contribution in [1.29, 1.82) is 0 Å². The van der Waals surface area contributed by atoms with Gasteiger partial charge in [-0.3, -0.25) is 0 Å². The molecule has 3 aromatic rings. The molecule has 4 rings (SSSR count). The summed E-state index contributed by atoms with van der Waals surface area (Å²) in [6.07, 6.45) is 0.760. The van der Waals surface area contributed by atoms with E-state index in [4.69, 9.17) is 20.6 Å². The van der Waals surface area contributed by atoms with Gasteiger partial charge < -0.3 is 15.7 Å². The van der Waals surface area contributed by atoms with Gasteiger partial charge in [-0.25, -0.2) is 14.5 Å². The largest absolute Gasteiger partial charge is 0.490 e. The first-order chi connectivity index (χ1) is 15.7. The molecular weight excluding hydrogens is 437 g/mol. The Morgan fingerprint density at radius 2 is 1.85 bits per heavy atom. The van der Waals surface area contributed by atoms with Gasteiger partial charge in [0.1, 0.15) is 0 Å². The molecule has 1 aliphatic heterocycles. The third-order valence-electron chi connectivity index (χ3n) is 5.30. The number of hydrogen-bond donors (Lipinski definition) is 2. The van der Waals surface area contributed by atoms with Crippen LogP contribution in [0.4, 0.5) is 19.1 Å². The second-order valence-corrected chi connectivity index (χ2v) is 7.59. The summed E-state index contributed by atoms with van der Waals surface area (Å²) in [4.78, 5) is 20.6. The topological polar surface area (TPSA) is 110 Å². The van der Waals surface area contributed by atoms with Crippen LogP contribution in [0.1, 0.15) is 35.6 Å². The van der Waals surface area contributed by atoms with E-state index in [1.807, 2.05) is 25.3 Å². The van der Waals surface area contributed by atoms with E-state index >= 15 is 0 Å². The predicted molar refractivity (Wildman–Crippen MR) is 116 cm³/mol. The van der Waals surface area contributed by atoms with Crippen molar-refractivity contribution in [2.75, 3.05) is 18.0 Å². The normalized spacial score (nSPS) is 14.5. The molecule has 3 heterocycles. The molecule has 1 aromatic carbocycles. The summed E-state index contributed by atoms with van der Waals surface area (Å²) < 4.78 is 33.5. The maximum Gasteiger partial charge on any atom is 0.490 e. The summed E-state index contributed by atoms with van der Waals surface area (Å²) in [5, 5.41) is 11.4. The van der Waals surface area contributed by atoms with Gasteiger partial charge in [0.25, 0.3) is 0 Å². The number of carbonyl (C=O) groups is 1. The average Bonchev–Trinajstić information content (AvgIpc) is 3.34. The lowest BCUT2D eigenvalue weighted by molar-refractivity contribution is -0.192. The van der Waals surface area contributed by atoms with Gasteiger partial charge in [0.15, 0.2) is 5.82 Å². The summed E-state index contributed by atoms with van der Waals surface area (Å²) in [6.45, 7) is 4.50. The Labute approximate surface area is 188 Å². The maximum atomic E-state index is 10.6. The first kappa shape index (κ1) is 24.2. The second kappa shape index (κ2) is 10.4. The predicted octanol–water partition coefficient (Wildman–Crippen LogP) is 3.45. The van der Waals surface area contributed by atoms with E-state index in [1.54, 1.807) is 10.9 Å². The zero-order valence-electron chi connectivity index (χ0n) is 18.0. The molecule has 0 radical (unpaired) electrons. The molecule has 1 saturated heterocycles. The molecule has 0 atom stereocenters. The number of aromatic nitrogens is 4. The molecule has 2 aromatic heterocycles. The fourth-order valence-electron chi connectivity index (χ4n) is 3.71. The van der Waals surface area contributed by atoms with Crippen LogP contribution in [0.15, 0.2) is 48.8 Å². The number of nitrogens with two attached hydrogens (primary N) is 1. The number of benzene rings is 1. The van der Waals surface area contributed by atoms with Crippen molar-refractivity contribution in [2.24, 2.45) is 5.73 Å². The van der Waals surface area contributed by atoms with Gasteiger partial charge in [-0.05, 0) is 42.9 Å². The Morgan fingerprint density at radius 1 is 1.18 bits per heavy atom. The molecule has 176 valence electrons. The number of alkyl halides is 3. The molecule has 11 heteroatoms. The van der Waals surface area contributed by atoms with E-state index in [2.05, 4.69) is 39.2 Å². The number of piperidine rings is 1. The SMILES string of the molecule is Cc1cc(-n2cccn2)nc(N2CCC(c3ccccc3CN)CC2)n1.O=C(O)C(F)(F)F. The van der Waals surface area contributed by atoms with Crippen LogP contribution in [0.2, 0.25) is 0 Å². The van der Waals surface area contributed by atoms with Gasteiger partial charge in [-0.1, -0.05) is 24.3 Å². The number of carboxylic acid groups (broad SMARTS) is 1. The summed E-state index contributed by atoms with van der Waals surface area (Å²) >= 11 is 0. The minimum absolute atomic E-state index is 0.557. The highest BCUT2D eigenvalue weighted by molar-refractivity contribution is 5.73. The van der Waals surface area contributed by atoms with Crippen molar-refractivity contribution in [3.8, 4) is 5.82 Å². The number of nitrogens with zero attached hydrogens (tertiary/aromatic N) is 5. The Bertz CT molecular complexity index is 1060. The monoisotopic (exact) mass is 462 g/mol. The summed E-state index contributed by atoms with van der Waals surface area (Å²) in [7, 11) is 0. The molecule has 0 spiro atoms. The molecule has 33 heavy (non-hydrogen) atoms. The number of anilines is 1. The molecule has 0 amide bonds.